The number of nitrogens with zero attached hydrogens (tertiary/aromatic N) is 1. The van der Waals surface area contributed by atoms with Gasteiger partial charge in [0.1, 0.15) is 17.1 Å². The fraction of sp³-hybridized carbons (Fsp3) is 0.471. The standard InChI is InChI=1S/C17H21N3O3/c1-10(2)9-17(6-7-17)19-13-12(14(21)15(13)22)18-11-5-4-8-20(3)16(11)23/h4-5,8,10,18-19H,6-7,9H2,1-3H3. The number of rotatable bonds is 6. The molecule has 1 fully saturated rings. The van der Waals surface area contributed by atoms with Crippen LogP contribution in [-0.4, -0.2) is 10.1 Å². The van der Waals surface area contributed by atoms with Gasteiger partial charge in [-0.25, -0.2) is 0 Å². The topological polar surface area (TPSA) is 80.2 Å². The lowest BCUT2D eigenvalue weighted by molar-refractivity contribution is 0.508. The highest BCUT2D eigenvalue weighted by Gasteiger charge is 2.44. The molecule has 6 heteroatoms. The Morgan fingerprint density at radius 1 is 1.17 bits per heavy atom. The zero-order chi connectivity index (χ0) is 16.8. The summed E-state index contributed by atoms with van der Waals surface area (Å²) in [4.78, 5) is 35.8. The summed E-state index contributed by atoms with van der Waals surface area (Å²) in [6.45, 7) is 4.27. The molecule has 2 N–H and O–H groups in total. The summed E-state index contributed by atoms with van der Waals surface area (Å²) in [6.07, 6.45) is 4.59. The smallest absolute Gasteiger partial charge is 0.273 e. The highest BCUT2D eigenvalue weighted by atomic mass is 16.2. The maximum absolute atomic E-state index is 12.0. The van der Waals surface area contributed by atoms with Gasteiger partial charge in [-0.05, 0) is 37.3 Å². The molecule has 0 aliphatic heterocycles. The molecule has 0 radical (unpaired) electrons. The molecule has 0 amide bonds. The number of nitrogens with one attached hydrogen (secondary N) is 2. The Morgan fingerprint density at radius 3 is 2.43 bits per heavy atom. The minimum Gasteiger partial charge on any atom is -0.374 e. The van der Waals surface area contributed by atoms with Gasteiger partial charge in [-0.1, -0.05) is 13.8 Å². The minimum absolute atomic E-state index is 0.0750. The number of aromatic nitrogens is 1. The highest BCUT2D eigenvalue weighted by Crippen LogP contribution is 2.44. The molecule has 6 nitrogen and oxygen atoms in total. The molecule has 1 aromatic heterocycles. The van der Waals surface area contributed by atoms with Crippen LogP contribution in [0, 0.1) is 5.92 Å². The van der Waals surface area contributed by atoms with Gasteiger partial charge in [0.15, 0.2) is 0 Å². The third-order valence-electron chi connectivity index (χ3n) is 4.34. The van der Waals surface area contributed by atoms with E-state index in [4.69, 9.17) is 0 Å². The molecule has 0 saturated heterocycles. The number of pyridine rings is 1. The molecule has 1 saturated carbocycles. The maximum Gasteiger partial charge on any atom is 0.273 e. The summed E-state index contributed by atoms with van der Waals surface area (Å²) in [6, 6.07) is 3.31. The minimum atomic E-state index is -0.571. The van der Waals surface area contributed by atoms with E-state index in [2.05, 4.69) is 24.5 Å². The van der Waals surface area contributed by atoms with E-state index < -0.39 is 10.9 Å². The summed E-state index contributed by atoms with van der Waals surface area (Å²) < 4.78 is 1.42. The molecule has 1 aromatic carbocycles. The van der Waals surface area contributed by atoms with Crippen LogP contribution in [0.2, 0.25) is 0 Å². The predicted molar refractivity (Wildman–Crippen MR) is 91.4 cm³/mol. The summed E-state index contributed by atoms with van der Waals surface area (Å²) in [5.41, 5.74) is -0.580. The van der Waals surface area contributed by atoms with Crippen molar-refractivity contribution in [2.24, 2.45) is 13.0 Å². The molecule has 0 atom stereocenters. The molecule has 1 aliphatic rings. The molecule has 0 bridgehead atoms. The SMILES string of the molecule is CC(C)CC1(Nc2c(Nc3cccn(C)c3=O)c(=O)c2=O)CC1. The van der Waals surface area contributed by atoms with Gasteiger partial charge in [0, 0.05) is 18.8 Å². The predicted octanol–water partition coefficient (Wildman–Crippen LogP) is 1.72. The average molecular weight is 315 g/mol. The molecule has 23 heavy (non-hydrogen) atoms. The first kappa shape index (κ1) is 15.5. The normalized spacial score (nSPS) is 15.8. The van der Waals surface area contributed by atoms with E-state index in [1.54, 1.807) is 25.4 Å². The van der Waals surface area contributed by atoms with Crippen molar-refractivity contribution in [1.82, 2.24) is 4.57 Å². The van der Waals surface area contributed by atoms with Crippen molar-refractivity contribution in [3.63, 3.8) is 0 Å². The molecule has 0 spiro atoms. The van der Waals surface area contributed by atoms with Gasteiger partial charge in [-0.15, -0.1) is 0 Å². The Labute approximate surface area is 133 Å². The van der Waals surface area contributed by atoms with Crippen LogP contribution in [0.5, 0.6) is 0 Å². The van der Waals surface area contributed by atoms with Gasteiger partial charge in [0.05, 0.1) is 0 Å². The van der Waals surface area contributed by atoms with Crippen LogP contribution in [-0.2, 0) is 7.05 Å². The van der Waals surface area contributed by atoms with Crippen molar-refractivity contribution >= 4 is 17.1 Å². The summed E-state index contributed by atoms with van der Waals surface area (Å²) in [5.74, 6) is 0.509. The summed E-state index contributed by atoms with van der Waals surface area (Å²) >= 11 is 0. The molecular weight excluding hydrogens is 294 g/mol. The van der Waals surface area contributed by atoms with Crippen molar-refractivity contribution in [2.45, 2.75) is 38.6 Å². The Balaban J connectivity index is 1.86. The Morgan fingerprint density at radius 2 is 1.83 bits per heavy atom. The van der Waals surface area contributed by atoms with Gasteiger partial charge in [-0.2, -0.15) is 0 Å². The molecule has 0 unspecified atom stereocenters. The monoisotopic (exact) mass is 315 g/mol. The van der Waals surface area contributed by atoms with E-state index in [9.17, 15) is 14.4 Å². The van der Waals surface area contributed by atoms with E-state index in [1.165, 1.54) is 4.57 Å². The quantitative estimate of drug-likeness (QED) is 0.793. The van der Waals surface area contributed by atoms with Crippen LogP contribution in [0.4, 0.5) is 17.1 Å². The first-order valence-corrected chi connectivity index (χ1v) is 7.87. The Bertz CT molecular complexity index is 868. The van der Waals surface area contributed by atoms with E-state index in [0.29, 0.717) is 17.3 Å². The second-order valence-corrected chi connectivity index (χ2v) is 6.87. The van der Waals surface area contributed by atoms with Crippen LogP contribution < -0.4 is 27.1 Å². The number of hydrogen-bond donors (Lipinski definition) is 2. The number of aryl methyl sites for hydroxylation is 1. The van der Waals surface area contributed by atoms with Gasteiger partial charge < -0.3 is 15.2 Å². The van der Waals surface area contributed by atoms with Gasteiger partial charge in [0.25, 0.3) is 16.4 Å². The van der Waals surface area contributed by atoms with Gasteiger partial charge in [0.2, 0.25) is 0 Å². The lowest BCUT2D eigenvalue weighted by Gasteiger charge is -2.23. The highest BCUT2D eigenvalue weighted by molar-refractivity contribution is 5.79. The van der Waals surface area contributed by atoms with Gasteiger partial charge >= 0.3 is 0 Å². The first-order valence-electron chi connectivity index (χ1n) is 7.87. The van der Waals surface area contributed by atoms with Crippen LogP contribution in [0.1, 0.15) is 33.1 Å². The maximum atomic E-state index is 12.0. The van der Waals surface area contributed by atoms with E-state index in [-0.39, 0.29) is 16.8 Å². The Hall–Kier alpha value is -2.37. The van der Waals surface area contributed by atoms with Crippen molar-refractivity contribution in [1.29, 1.82) is 0 Å². The van der Waals surface area contributed by atoms with Crippen molar-refractivity contribution in [3.05, 3.63) is 49.1 Å². The van der Waals surface area contributed by atoms with Crippen LogP contribution in [0.15, 0.2) is 32.7 Å². The summed E-state index contributed by atoms with van der Waals surface area (Å²) in [7, 11) is 1.64. The lowest BCUT2D eigenvalue weighted by Crippen LogP contribution is -2.40. The number of hydrogen-bond acceptors (Lipinski definition) is 5. The molecule has 2 aromatic rings. The fourth-order valence-corrected chi connectivity index (χ4v) is 3.03. The zero-order valence-electron chi connectivity index (χ0n) is 13.6. The lowest BCUT2D eigenvalue weighted by atomic mass is 10.0. The summed E-state index contributed by atoms with van der Waals surface area (Å²) in [5, 5.41) is 6.09. The first-order chi connectivity index (χ1) is 10.8. The second kappa shape index (κ2) is 5.37. The third-order valence-corrected chi connectivity index (χ3v) is 4.34. The van der Waals surface area contributed by atoms with E-state index in [0.717, 1.165) is 19.3 Å². The van der Waals surface area contributed by atoms with Crippen LogP contribution in [0.25, 0.3) is 0 Å². The van der Waals surface area contributed by atoms with Crippen LogP contribution in [0.3, 0.4) is 0 Å². The largest absolute Gasteiger partial charge is 0.374 e. The fourth-order valence-electron chi connectivity index (χ4n) is 3.03. The third kappa shape index (κ3) is 2.81. The zero-order valence-corrected chi connectivity index (χ0v) is 13.6. The molecule has 1 aliphatic carbocycles. The van der Waals surface area contributed by atoms with E-state index >= 15 is 0 Å². The van der Waals surface area contributed by atoms with Crippen molar-refractivity contribution < 1.29 is 0 Å². The molecule has 1 heterocycles. The number of anilines is 3. The van der Waals surface area contributed by atoms with E-state index in [1.807, 2.05) is 0 Å². The van der Waals surface area contributed by atoms with Crippen LogP contribution >= 0.6 is 0 Å². The average Bonchev–Trinajstić information content (AvgIpc) is 3.25. The van der Waals surface area contributed by atoms with Crippen molar-refractivity contribution in [2.75, 3.05) is 10.6 Å². The van der Waals surface area contributed by atoms with Gasteiger partial charge in [-0.3, -0.25) is 14.4 Å². The molecular formula is C17H21N3O3. The van der Waals surface area contributed by atoms with Crippen molar-refractivity contribution in [3.8, 4) is 0 Å². The second-order valence-electron chi connectivity index (χ2n) is 6.87. The molecule has 122 valence electrons. The molecule has 3 rings (SSSR count). The Kier molecular flexibility index (Phi) is 3.62.